The zero-order valence-electron chi connectivity index (χ0n) is 20.3. The highest BCUT2D eigenvalue weighted by Crippen LogP contribution is 2.22. The molecule has 0 aromatic heterocycles. The van der Waals surface area contributed by atoms with Crippen LogP contribution in [0.5, 0.6) is 0 Å². The van der Waals surface area contributed by atoms with Crippen LogP contribution in [0.1, 0.15) is 30.0 Å². The van der Waals surface area contributed by atoms with Crippen molar-refractivity contribution in [2.45, 2.75) is 44.9 Å². The maximum absolute atomic E-state index is 12.8. The van der Waals surface area contributed by atoms with Crippen LogP contribution < -0.4 is 5.32 Å². The Hall–Kier alpha value is -2.83. The molecule has 3 rings (SSSR count). The summed E-state index contributed by atoms with van der Waals surface area (Å²) in [6.45, 7) is 2.42. The largest absolute Gasteiger partial charge is 0.473 e. The van der Waals surface area contributed by atoms with E-state index in [-0.39, 0.29) is 18.8 Å². The van der Waals surface area contributed by atoms with E-state index in [1.807, 2.05) is 60.9 Å². The molecule has 0 spiro atoms. The first-order chi connectivity index (χ1) is 17.0. The van der Waals surface area contributed by atoms with Gasteiger partial charge in [-0.1, -0.05) is 110 Å². The normalized spacial score (nSPS) is 13.3. The van der Waals surface area contributed by atoms with Crippen molar-refractivity contribution in [2.24, 2.45) is 5.92 Å². The molecule has 3 aromatic rings. The number of nitrogens with one attached hydrogen (secondary N) is 1. The van der Waals surface area contributed by atoms with Crippen LogP contribution in [-0.2, 0) is 28.9 Å². The topological polar surface area (TPSA) is 47.6 Å². The molecule has 3 aromatic carbocycles. The van der Waals surface area contributed by atoms with Crippen LogP contribution in [0.3, 0.4) is 0 Å². The Labute approximate surface area is 218 Å². The summed E-state index contributed by atoms with van der Waals surface area (Å²) in [7, 11) is 0. The molecule has 0 heterocycles. The molecule has 0 saturated heterocycles. The first-order valence-corrected chi connectivity index (χ1v) is 13.5. The summed E-state index contributed by atoms with van der Waals surface area (Å²) >= 11 is 6.82. The molecular weight excluding hydrogens is 474 g/mol. The van der Waals surface area contributed by atoms with E-state index in [0.29, 0.717) is 16.7 Å². The number of amides is 1. The molecule has 1 N–H and O–H groups in total. The molecule has 4 nitrogen and oxygen atoms in total. The van der Waals surface area contributed by atoms with Crippen LogP contribution in [0, 0.1) is 5.92 Å². The Kier molecular flexibility index (Phi) is 11.1. The second-order valence-electron chi connectivity index (χ2n) is 8.64. The molecule has 0 unspecified atom stereocenters. The van der Waals surface area contributed by atoms with Gasteiger partial charge in [0.2, 0.25) is 4.38 Å². The van der Waals surface area contributed by atoms with E-state index in [2.05, 4.69) is 48.6 Å². The summed E-state index contributed by atoms with van der Waals surface area (Å²) in [6.07, 6.45) is 3.42. The van der Waals surface area contributed by atoms with Gasteiger partial charge in [-0.15, -0.1) is 0 Å². The smallest absolute Gasteiger partial charge is 0.407 e. The molecule has 0 saturated carbocycles. The van der Waals surface area contributed by atoms with Crippen molar-refractivity contribution in [3.8, 4) is 0 Å². The fourth-order valence-electron chi connectivity index (χ4n) is 4.02. The van der Waals surface area contributed by atoms with Crippen molar-refractivity contribution in [2.75, 3.05) is 6.26 Å². The van der Waals surface area contributed by atoms with Crippen molar-refractivity contribution < 1.29 is 14.3 Å². The van der Waals surface area contributed by atoms with Gasteiger partial charge >= 0.3 is 6.09 Å². The lowest BCUT2D eigenvalue weighted by Gasteiger charge is -2.30. The van der Waals surface area contributed by atoms with E-state index in [1.165, 1.54) is 17.3 Å². The Morgan fingerprint density at radius 2 is 1.37 bits per heavy atom. The molecular formula is C29H33NO3S2. The summed E-state index contributed by atoms with van der Waals surface area (Å²) in [4.78, 5) is 12.8. The van der Waals surface area contributed by atoms with Gasteiger partial charge in [-0.2, -0.15) is 0 Å². The monoisotopic (exact) mass is 507 g/mol. The summed E-state index contributed by atoms with van der Waals surface area (Å²) in [5.41, 5.74) is 3.33. The van der Waals surface area contributed by atoms with Crippen molar-refractivity contribution >= 4 is 34.5 Å². The molecule has 0 bridgehead atoms. The van der Waals surface area contributed by atoms with Crippen LogP contribution in [0.15, 0.2) is 91.0 Å². The van der Waals surface area contributed by atoms with Crippen molar-refractivity contribution in [3.63, 3.8) is 0 Å². The number of benzene rings is 3. The number of carbonyl (C=O) groups excluding carboxylic acids is 1. The molecule has 6 heteroatoms. The fourth-order valence-corrected chi connectivity index (χ4v) is 4.37. The fraction of sp³-hybridized carbons (Fsp3) is 0.310. The highest BCUT2D eigenvalue weighted by molar-refractivity contribution is 8.22. The minimum Gasteiger partial charge on any atom is -0.473 e. The second-order valence-corrected chi connectivity index (χ2v) is 10.1. The van der Waals surface area contributed by atoms with Crippen LogP contribution in [0.4, 0.5) is 4.79 Å². The van der Waals surface area contributed by atoms with Gasteiger partial charge in [-0.3, -0.25) is 0 Å². The van der Waals surface area contributed by atoms with E-state index in [9.17, 15) is 4.79 Å². The first-order valence-electron chi connectivity index (χ1n) is 11.8. The van der Waals surface area contributed by atoms with Crippen LogP contribution in [0.25, 0.3) is 0 Å². The predicted octanol–water partition coefficient (Wildman–Crippen LogP) is 6.83. The zero-order chi connectivity index (χ0) is 24.9. The Morgan fingerprint density at radius 3 is 1.91 bits per heavy atom. The number of alkyl carbamates (subject to hydrolysis) is 1. The minimum atomic E-state index is -0.464. The molecule has 0 aliphatic heterocycles. The van der Waals surface area contributed by atoms with Gasteiger partial charge in [0.15, 0.2) is 0 Å². The third-order valence-electron chi connectivity index (χ3n) is 5.74. The quantitative estimate of drug-likeness (QED) is 0.288. The summed E-state index contributed by atoms with van der Waals surface area (Å²) in [6, 6.07) is 29.9. The number of hydrogen-bond donors (Lipinski definition) is 1. The van der Waals surface area contributed by atoms with Gasteiger partial charge in [0.05, 0.1) is 6.04 Å². The Balaban J connectivity index is 1.74. The molecule has 184 valence electrons. The van der Waals surface area contributed by atoms with E-state index in [0.717, 1.165) is 24.0 Å². The van der Waals surface area contributed by atoms with Gasteiger partial charge in [0, 0.05) is 0 Å². The Morgan fingerprint density at radius 1 is 0.857 bits per heavy atom. The highest BCUT2D eigenvalue weighted by atomic mass is 32.2. The minimum absolute atomic E-state index is 0.212. The van der Waals surface area contributed by atoms with Gasteiger partial charge in [-0.25, -0.2) is 4.79 Å². The lowest BCUT2D eigenvalue weighted by atomic mass is 9.90. The van der Waals surface area contributed by atoms with Crippen molar-refractivity contribution in [1.29, 1.82) is 0 Å². The molecule has 0 radical (unpaired) electrons. The lowest BCUT2D eigenvalue weighted by Crippen LogP contribution is -2.47. The van der Waals surface area contributed by atoms with Crippen LogP contribution in [-0.4, -0.2) is 28.9 Å². The Bertz CT molecular complexity index is 1030. The maximum atomic E-state index is 12.8. The van der Waals surface area contributed by atoms with Crippen molar-refractivity contribution in [3.05, 3.63) is 108 Å². The summed E-state index contributed by atoms with van der Waals surface area (Å²) in [5, 5.41) is 3.08. The van der Waals surface area contributed by atoms with Crippen LogP contribution >= 0.6 is 24.0 Å². The van der Waals surface area contributed by atoms with Gasteiger partial charge in [0.1, 0.15) is 12.7 Å². The molecule has 1 amide bonds. The standard InChI is InChI=1S/C29H33NO3S2/c1-22(18-23-12-6-3-7-13-23)19-27(33-29(34)35-2)26(20-24-14-8-4-9-15-24)30-28(31)32-21-25-16-10-5-11-17-25/h3-17,22,26-27H,18-21H2,1-2H3,(H,30,31)/t22-,26-,27-/m0/s1. The number of ether oxygens (including phenoxy) is 2. The maximum Gasteiger partial charge on any atom is 0.407 e. The predicted molar refractivity (Wildman–Crippen MR) is 149 cm³/mol. The number of hydrogen-bond acceptors (Lipinski definition) is 5. The zero-order valence-corrected chi connectivity index (χ0v) is 21.9. The number of thiocarbonyl (C=S) groups is 1. The second kappa shape index (κ2) is 14.5. The number of thioether (sulfide) groups is 1. The van der Waals surface area contributed by atoms with Crippen molar-refractivity contribution in [1.82, 2.24) is 5.32 Å². The molecule has 0 aliphatic rings. The third-order valence-corrected chi connectivity index (χ3v) is 6.76. The molecule has 0 fully saturated rings. The van der Waals surface area contributed by atoms with E-state index >= 15 is 0 Å². The SMILES string of the molecule is CSC(=S)O[C@@H](C[C@@H](C)Cc1ccccc1)[C@H](Cc1ccccc1)NC(=O)OCc1ccccc1. The summed E-state index contributed by atoms with van der Waals surface area (Å²) < 4.78 is 12.2. The molecule has 0 aliphatic carbocycles. The lowest BCUT2D eigenvalue weighted by molar-refractivity contribution is 0.0997. The average Bonchev–Trinajstić information content (AvgIpc) is 2.88. The first kappa shape index (κ1) is 26.8. The van der Waals surface area contributed by atoms with E-state index in [4.69, 9.17) is 21.7 Å². The molecule has 35 heavy (non-hydrogen) atoms. The van der Waals surface area contributed by atoms with E-state index in [1.54, 1.807) is 0 Å². The number of carbonyl (C=O) groups is 1. The van der Waals surface area contributed by atoms with Gasteiger partial charge in [0.25, 0.3) is 0 Å². The van der Waals surface area contributed by atoms with E-state index < -0.39 is 6.09 Å². The van der Waals surface area contributed by atoms with Gasteiger partial charge in [-0.05, 0) is 60.3 Å². The number of rotatable bonds is 11. The van der Waals surface area contributed by atoms with Crippen LogP contribution in [0.2, 0.25) is 0 Å². The molecule has 3 atom stereocenters. The summed E-state index contributed by atoms with van der Waals surface area (Å²) in [5.74, 6) is 0.326. The average molecular weight is 508 g/mol. The van der Waals surface area contributed by atoms with Gasteiger partial charge < -0.3 is 14.8 Å². The third kappa shape index (κ3) is 9.74. The highest BCUT2D eigenvalue weighted by Gasteiger charge is 2.28.